The zero-order valence-corrected chi connectivity index (χ0v) is 26.1. The van der Waals surface area contributed by atoms with E-state index in [9.17, 15) is 9.59 Å². The summed E-state index contributed by atoms with van der Waals surface area (Å²) in [5, 5.41) is 13.3. The SMILES string of the molecule is CC(C)NC(=O)O[C@@H]1CC[C@H](c2cc(NC(=O)Nc3ccc(OCc4ccccc4)c(C4OCCO4)c3)nn2C(C)(C)C)C1. The third-order valence-corrected chi connectivity index (χ3v) is 7.48. The Labute approximate surface area is 258 Å². The van der Waals surface area contributed by atoms with Gasteiger partial charge in [0.2, 0.25) is 0 Å². The molecule has 2 heterocycles. The average molecular weight is 606 g/mol. The van der Waals surface area contributed by atoms with Crippen LogP contribution in [0.1, 0.15) is 82.9 Å². The topological polar surface area (TPSA) is 125 Å². The van der Waals surface area contributed by atoms with Crippen molar-refractivity contribution in [3.8, 4) is 5.75 Å². The Balaban J connectivity index is 1.26. The van der Waals surface area contributed by atoms with Crippen LogP contribution in [0.4, 0.5) is 21.1 Å². The fraction of sp³-hybridized carbons (Fsp3) is 0.485. The number of benzene rings is 2. The highest BCUT2D eigenvalue weighted by Crippen LogP contribution is 2.39. The first-order valence-electron chi connectivity index (χ1n) is 15.2. The van der Waals surface area contributed by atoms with Crippen molar-refractivity contribution < 1.29 is 28.5 Å². The molecule has 1 aliphatic carbocycles. The number of hydrogen-bond acceptors (Lipinski definition) is 7. The van der Waals surface area contributed by atoms with E-state index in [0.717, 1.165) is 24.1 Å². The molecule has 44 heavy (non-hydrogen) atoms. The Morgan fingerprint density at radius 2 is 1.77 bits per heavy atom. The Bertz CT molecular complexity index is 1430. The molecular formula is C33H43N5O6. The van der Waals surface area contributed by atoms with Gasteiger partial charge in [0.15, 0.2) is 12.1 Å². The van der Waals surface area contributed by atoms with Crippen molar-refractivity contribution in [2.24, 2.45) is 0 Å². The maximum absolute atomic E-state index is 13.1. The number of urea groups is 1. The lowest BCUT2D eigenvalue weighted by molar-refractivity contribution is -0.0458. The molecule has 0 spiro atoms. The van der Waals surface area contributed by atoms with Crippen molar-refractivity contribution in [1.29, 1.82) is 0 Å². The van der Waals surface area contributed by atoms with Crippen LogP contribution in [0.15, 0.2) is 54.6 Å². The largest absolute Gasteiger partial charge is 0.488 e. The molecule has 1 aliphatic heterocycles. The second kappa shape index (κ2) is 13.7. The highest BCUT2D eigenvalue weighted by atomic mass is 16.7. The summed E-state index contributed by atoms with van der Waals surface area (Å²) in [4.78, 5) is 25.3. The fourth-order valence-corrected chi connectivity index (χ4v) is 5.52. The highest BCUT2D eigenvalue weighted by molar-refractivity contribution is 5.99. The number of carbonyl (C=O) groups excluding carboxylic acids is 2. The summed E-state index contributed by atoms with van der Waals surface area (Å²) in [5.41, 5.74) is 3.00. The lowest BCUT2D eigenvalue weighted by atomic mass is 10.0. The van der Waals surface area contributed by atoms with Crippen LogP contribution in [0.25, 0.3) is 0 Å². The Morgan fingerprint density at radius 1 is 1.02 bits per heavy atom. The van der Waals surface area contributed by atoms with Gasteiger partial charge in [-0.2, -0.15) is 5.10 Å². The summed E-state index contributed by atoms with van der Waals surface area (Å²) in [6, 6.07) is 16.8. The normalized spacial score (nSPS) is 18.8. The third kappa shape index (κ3) is 8.09. The van der Waals surface area contributed by atoms with E-state index in [1.165, 1.54) is 0 Å². The van der Waals surface area contributed by atoms with E-state index in [1.54, 1.807) is 6.07 Å². The molecule has 3 amide bonds. The zero-order chi connectivity index (χ0) is 31.3. The molecule has 2 aliphatic rings. The molecule has 11 heteroatoms. The molecule has 5 rings (SSSR count). The summed E-state index contributed by atoms with van der Waals surface area (Å²) in [6.45, 7) is 11.4. The van der Waals surface area contributed by atoms with Crippen LogP contribution in [0.5, 0.6) is 5.75 Å². The van der Waals surface area contributed by atoms with Crippen LogP contribution in [0.2, 0.25) is 0 Å². The predicted molar refractivity (Wildman–Crippen MR) is 167 cm³/mol. The van der Waals surface area contributed by atoms with Gasteiger partial charge in [-0.1, -0.05) is 30.3 Å². The molecule has 11 nitrogen and oxygen atoms in total. The average Bonchev–Trinajstić information content (AvgIpc) is 3.74. The first kappa shape index (κ1) is 31.3. The number of aromatic nitrogens is 2. The van der Waals surface area contributed by atoms with Gasteiger partial charge >= 0.3 is 12.1 Å². The van der Waals surface area contributed by atoms with Crippen molar-refractivity contribution >= 4 is 23.6 Å². The van der Waals surface area contributed by atoms with Crippen LogP contribution in [-0.2, 0) is 26.4 Å². The summed E-state index contributed by atoms with van der Waals surface area (Å²) in [7, 11) is 0. The van der Waals surface area contributed by atoms with Gasteiger partial charge in [0.05, 0.1) is 24.3 Å². The number of nitrogens with zero attached hydrogens (tertiary/aromatic N) is 2. The van der Waals surface area contributed by atoms with Gasteiger partial charge in [-0.05, 0) is 77.6 Å². The molecule has 2 fully saturated rings. The maximum atomic E-state index is 13.1. The van der Waals surface area contributed by atoms with Crippen molar-refractivity contribution in [2.75, 3.05) is 23.8 Å². The van der Waals surface area contributed by atoms with Gasteiger partial charge in [0, 0.05) is 29.4 Å². The molecule has 1 aromatic heterocycles. The van der Waals surface area contributed by atoms with E-state index in [-0.39, 0.29) is 29.7 Å². The van der Waals surface area contributed by atoms with Crippen molar-refractivity contribution in [1.82, 2.24) is 15.1 Å². The monoisotopic (exact) mass is 605 g/mol. The van der Waals surface area contributed by atoms with Crippen LogP contribution in [-0.4, -0.2) is 47.3 Å². The molecular weight excluding hydrogens is 562 g/mol. The molecule has 0 unspecified atom stereocenters. The van der Waals surface area contributed by atoms with Gasteiger partial charge in [-0.15, -0.1) is 0 Å². The van der Waals surface area contributed by atoms with Gasteiger partial charge in [0.1, 0.15) is 18.5 Å². The van der Waals surface area contributed by atoms with Gasteiger partial charge < -0.3 is 29.6 Å². The first-order chi connectivity index (χ1) is 21.0. The smallest absolute Gasteiger partial charge is 0.407 e. The molecule has 3 N–H and O–H groups in total. The van der Waals surface area contributed by atoms with Crippen LogP contribution in [0, 0.1) is 0 Å². The summed E-state index contributed by atoms with van der Waals surface area (Å²) in [6.07, 6.45) is 1.20. The van der Waals surface area contributed by atoms with E-state index >= 15 is 0 Å². The van der Waals surface area contributed by atoms with Gasteiger partial charge in [-0.3, -0.25) is 10.00 Å². The number of rotatable bonds is 9. The highest BCUT2D eigenvalue weighted by Gasteiger charge is 2.33. The van der Waals surface area contributed by atoms with Gasteiger partial charge in [0.25, 0.3) is 0 Å². The predicted octanol–water partition coefficient (Wildman–Crippen LogP) is 6.68. The van der Waals surface area contributed by atoms with Crippen LogP contribution < -0.4 is 20.7 Å². The van der Waals surface area contributed by atoms with E-state index in [4.69, 9.17) is 24.0 Å². The molecule has 236 valence electrons. The number of amides is 3. The Hall–Kier alpha value is -4.09. The summed E-state index contributed by atoms with van der Waals surface area (Å²) < 4.78 is 25.2. The number of anilines is 2. The molecule has 0 radical (unpaired) electrons. The van der Waals surface area contributed by atoms with E-state index in [0.29, 0.717) is 49.1 Å². The molecule has 2 atom stereocenters. The number of alkyl carbamates (subject to hydrolysis) is 1. The standard InChI is InChI=1S/C33H43N5O6/c1-21(2)34-32(40)44-25-13-11-23(17-25)27-19-29(37-38(27)33(3,4)5)36-31(39)35-24-12-14-28(26(18-24)30-41-15-16-42-30)43-20-22-9-7-6-8-10-22/h6-10,12,14,18-19,21,23,25,30H,11,13,15-17,20H2,1-5H3,(H,34,40)(H2,35,36,37,39)/t23-,25+/m0/s1. The minimum Gasteiger partial charge on any atom is -0.488 e. The fourth-order valence-electron chi connectivity index (χ4n) is 5.52. The summed E-state index contributed by atoms with van der Waals surface area (Å²) >= 11 is 0. The van der Waals surface area contributed by atoms with E-state index in [1.807, 2.05) is 67.1 Å². The van der Waals surface area contributed by atoms with Gasteiger partial charge in [-0.25, -0.2) is 9.59 Å². The second-order valence-electron chi connectivity index (χ2n) is 12.6. The second-order valence-corrected chi connectivity index (χ2v) is 12.6. The van der Waals surface area contributed by atoms with E-state index < -0.39 is 12.3 Å². The number of ether oxygens (including phenoxy) is 4. The van der Waals surface area contributed by atoms with E-state index in [2.05, 4.69) is 36.7 Å². The van der Waals surface area contributed by atoms with Crippen LogP contribution in [0.3, 0.4) is 0 Å². The van der Waals surface area contributed by atoms with Crippen LogP contribution >= 0.6 is 0 Å². The number of hydrogen-bond donors (Lipinski definition) is 3. The molecule has 3 aromatic rings. The maximum Gasteiger partial charge on any atom is 0.407 e. The molecule has 2 aromatic carbocycles. The lowest BCUT2D eigenvalue weighted by Crippen LogP contribution is -2.33. The minimum absolute atomic E-state index is 0.0173. The minimum atomic E-state index is -0.578. The lowest BCUT2D eigenvalue weighted by Gasteiger charge is -2.24. The molecule has 0 bridgehead atoms. The third-order valence-electron chi connectivity index (χ3n) is 7.48. The summed E-state index contributed by atoms with van der Waals surface area (Å²) in [5.74, 6) is 1.22. The van der Waals surface area contributed by atoms with Crippen molar-refractivity contribution in [2.45, 2.75) is 90.4 Å². The Kier molecular flexibility index (Phi) is 9.75. The van der Waals surface area contributed by atoms with Crippen molar-refractivity contribution in [3.63, 3.8) is 0 Å². The molecule has 1 saturated heterocycles. The zero-order valence-electron chi connectivity index (χ0n) is 26.1. The first-order valence-corrected chi connectivity index (χ1v) is 15.2. The quantitative estimate of drug-likeness (QED) is 0.249. The molecule has 1 saturated carbocycles. The Morgan fingerprint density at radius 3 is 2.48 bits per heavy atom. The number of nitrogens with one attached hydrogen (secondary N) is 3. The van der Waals surface area contributed by atoms with Crippen molar-refractivity contribution in [3.05, 3.63) is 71.4 Å². The number of carbonyl (C=O) groups is 2.